The number of piperidine rings is 1. The first-order chi connectivity index (χ1) is 13.7. The highest BCUT2D eigenvalue weighted by Gasteiger charge is 2.29. The Balaban J connectivity index is 1.37. The summed E-state index contributed by atoms with van der Waals surface area (Å²) in [4.78, 5) is 14.4. The third kappa shape index (κ3) is 4.01. The molecule has 0 aliphatic carbocycles. The Morgan fingerprint density at radius 3 is 2.93 bits per heavy atom. The van der Waals surface area contributed by atoms with Crippen LogP contribution in [0.25, 0.3) is 11.5 Å². The van der Waals surface area contributed by atoms with Crippen molar-refractivity contribution in [3.63, 3.8) is 0 Å². The van der Waals surface area contributed by atoms with E-state index in [4.69, 9.17) is 13.9 Å². The standard InChI is InChI=1S/C20H21N3O4S/c1-25-16-6-2-3-7-17(16)26-12-18(24)23-9-4-5-14(11-23)19-21-22-20(27-19)15-8-10-28-13-15/h2-3,6-8,10,13-14H,4-5,9,11-12H2,1H3. The molecule has 4 rings (SSSR count). The summed E-state index contributed by atoms with van der Waals surface area (Å²) in [5, 5.41) is 12.3. The molecule has 146 valence electrons. The molecule has 0 saturated carbocycles. The van der Waals surface area contributed by atoms with Gasteiger partial charge in [-0.05, 0) is 36.4 Å². The zero-order valence-electron chi connectivity index (χ0n) is 15.5. The van der Waals surface area contributed by atoms with Crippen LogP contribution in [0.4, 0.5) is 0 Å². The van der Waals surface area contributed by atoms with Crippen LogP contribution >= 0.6 is 11.3 Å². The molecule has 8 heteroatoms. The SMILES string of the molecule is COc1ccccc1OCC(=O)N1CCCC(c2nnc(-c3ccsc3)o2)C1. The lowest BCUT2D eigenvalue weighted by molar-refractivity contribution is -0.134. The van der Waals surface area contributed by atoms with Crippen molar-refractivity contribution >= 4 is 17.2 Å². The number of rotatable bonds is 6. The summed E-state index contributed by atoms with van der Waals surface area (Å²) in [7, 11) is 1.58. The molecule has 3 aromatic rings. The quantitative estimate of drug-likeness (QED) is 0.630. The number of hydrogen-bond donors (Lipinski definition) is 0. The minimum absolute atomic E-state index is 0.0307. The van der Waals surface area contributed by atoms with E-state index in [9.17, 15) is 4.79 Å². The molecule has 2 aromatic heterocycles. The minimum Gasteiger partial charge on any atom is -0.493 e. The van der Waals surface area contributed by atoms with Crippen molar-refractivity contribution in [1.82, 2.24) is 15.1 Å². The third-order valence-electron chi connectivity index (χ3n) is 4.75. The van der Waals surface area contributed by atoms with Gasteiger partial charge in [0.15, 0.2) is 18.1 Å². The highest BCUT2D eigenvalue weighted by Crippen LogP contribution is 2.30. The first-order valence-electron chi connectivity index (χ1n) is 9.14. The number of likely N-dealkylation sites (tertiary alicyclic amines) is 1. The van der Waals surface area contributed by atoms with Crippen LogP contribution in [-0.2, 0) is 4.79 Å². The fraction of sp³-hybridized carbons (Fsp3) is 0.350. The lowest BCUT2D eigenvalue weighted by atomic mass is 9.98. The molecule has 28 heavy (non-hydrogen) atoms. The van der Waals surface area contributed by atoms with Gasteiger partial charge < -0.3 is 18.8 Å². The topological polar surface area (TPSA) is 77.7 Å². The van der Waals surface area contributed by atoms with E-state index in [-0.39, 0.29) is 18.4 Å². The van der Waals surface area contributed by atoms with Gasteiger partial charge in [0.1, 0.15) is 0 Å². The molecular formula is C20H21N3O4S. The predicted molar refractivity (Wildman–Crippen MR) is 105 cm³/mol. The van der Waals surface area contributed by atoms with Crippen molar-refractivity contribution in [2.45, 2.75) is 18.8 Å². The zero-order valence-corrected chi connectivity index (χ0v) is 16.4. The maximum absolute atomic E-state index is 12.6. The summed E-state index contributed by atoms with van der Waals surface area (Å²) in [6.07, 6.45) is 1.81. The average Bonchev–Trinajstić information content (AvgIpc) is 3.44. The number of ether oxygens (including phenoxy) is 2. The monoisotopic (exact) mass is 399 g/mol. The largest absolute Gasteiger partial charge is 0.493 e. The number of carbonyl (C=O) groups excluding carboxylic acids is 1. The Morgan fingerprint density at radius 2 is 2.14 bits per heavy atom. The molecule has 1 amide bonds. The van der Waals surface area contributed by atoms with Crippen molar-refractivity contribution in [1.29, 1.82) is 0 Å². The van der Waals surface area contributed by atoms with E-state index in [2.05, 4.69) is 10.2 Å². The fourth-order valence-corrected chi connectivity index (χ4v) is 3.91. The van der Waals surface area contributed by atoms with Crippen LogP contribution in [0.15, 0.2) is 45.5 Å². The van der Waals surface area contributed by atoms with Gasteiger partial charge in [-0.3, -0.25) is 4.79 Å². The molecule has 0 radical (unpaired) electrons. The van der Waals surface area contributed by atoms with Gasteiger partial charge in [-0.25, -0.2) is 0 Å². The van der Waals surface area contributed by atoms with Gasteiger partial charge in [-0.15, -0.1) is 10.2 Å². The Labute approximate surface area is 166 Å². The summed E-state index contributed by atoms with van der Waals surface area (Å²) in [5.41, 5.74) is 0.928. The predicted octanol–water partition coefficient (Wildman–Crippen LogP) is 3.59. The summed E-state index contributed by atoms with van der Waals surface area (Å²) in [5.74, 6) is 2.27. The van der Waals surface area contributed by atoms with E-state index in [1.807, 2.05) is 29.0 Å². The van der Waals surface area contributed by atoms with Crippen LogP contribution in [0.3, 0.4) is 0 Å². The Hall–Kier alpha value is -2.87. The second kappa shape index (κ2) is 8.43. The number of para-hydroxylation sites is 2. The number of hydrogen-bond acceptors (Lipinski definition) is 7. The highest BCUT2D eigenvalue weighted by molar-refractivity contribution is 7.08. The van der Waals surface area contributed by atoms with E-state index < -0.39 is 0 Å². The van der Waals surface area contributed by atoms with E-state index in [1.54, 1.807) is 35.5 Å². The Bertz CT molecular complexity index is 925. The second-order valence-corrected chi connectivity index (χ2v) is 7.36. The van der Waals surface area contributed by atoms with E-state index in [0.717, 1.165) is 18.4 Å². The number of nitrogens with zero attached hydrogens (tertiary/aromatic N) is 3. The van der Waals surface area contributed by atoms with Crippen molar-refractivity contribution in [2.75, 3.05) is 26.8 Å². The van der Waals surface area contributed by atoms with Gasteiger partial charge in [-0.2, -0.15) is 11.3 Å². The lowest BCUT2D eigenvalue weighted by Gasteiger charge is -2.31. The molecule has 1 aromatic carbocycles. The molecule has 1 saturated heterocycles. The number of amides is 1. The number of aromatic nitrogens is 2. The molecule has 0 bridgehead atoms. The first-order valence-corrected chi connectivity index (χ1v) is 10.1. The molecule has 0 N–H and O–H groups in total. The molecular weight excluding hydrogens is 378 g/mol. The van der Waals surface area contributed by atoms with Crippen molar-refractivity contribution < 1.29 is 18.7 Å². The number of methoxy groups -OCH3 is 1. The molecule has 7 nitrogen and oxygen atoms in total. The molecule has 0 spiro atoms. The Morgan fingerprint density at radius 1 is 1.29 bits per heavy atom. The van der Waals surface area contributed by atoms with Crippen LogP contribution in [0.2, 0.25) is 0 Å². The van der Waals surface area contributed by atoms with Crippen LogP contribution in [0, 0.1) is 0 Å². The minimum atomic E-state index is -0.0619. The summed E-state index contributed by atoms with van der Waals surface area (Å²) in [6.45, 7) is 1.23. The number of benzene rings is 1. The maximum Gasteiger partial charge on any atom is 0.260 e. The molecule has 1 unspecified atom stereocenters. The first kappa shape index (κ1) is 18.5. The maximum atomic E-state index is 12.6. The van der Waals surface area contributed by atoms with Gasteiger partial charge in [0, 0.05) is 24.0 Å². The van der Waals surface area contributed by atoms with Gasteiger partial charge in [0.25, 0.3) is 5.91 Å². The van der Waals surface area contributed by atoms with E-state index >= 15 is 0 Å². The number of carbonyl (C=O) groups is 1. The molecule has 1 aliphatic heterocycles. The molecule has 1 fully saturated rings. The van der Waals surface area contributed by atoms with E-state index in [0.29, 0.717) is 36.4 Å². The van der Waals surface area contributed by atoms with Crippen molar-refractivity contribution in [3.8, 4) is 23.0 Å². The lowest BCUT2D eigenvalue weighted by Crippen LogP contribution is -2.41. The smallest absolute Gasteiger partial charge is 0.260 e. The highest BCUT2D eigenvalue weighted by atomic mass is 32.1. The number of thiophene rings is 1. The zero-order chi connectivity index (χ0) is 19.3. The molecule has 3 heterocycles. The van der Waals surface area contributed by atoms with E-state index in [1.165, 1.54) is 0 Å². The second-order valence-electron chi connectivity index (χ2n) is 6.58. The van der Waals surface area contributed by atoms with Crippen LogP contribution in [0.5, 0.6) is 11.5 Å². The van der Waals surface area contributed by atoms with Gasteiger partial charge >= 0.3 is 0 Å². The van der Waals surface area contributed by atoms with Gasteiger partial charge in [0.2, 0.25) is 11.8 Å². The molecule has 1 aliphatic rings. The summed E-state index contributed by atoms with van der Waals surface area (Å²) in [6, 6.07) is 9.25. The third-order valence-corrected chi connectivity index (χ3v) is 5.44. The summed E-state index contributed by atoms with van der Waals surface area (Å²) < 4.78 is 16.8. The van der Waals surface area contributed by atoms with Crippen LogP contribution in [0.1, 0.15) is 24.7 Å². The average molecular weight is 399 g/mol. The molecule has 1 atom stereocenters. The van der Waals surface area contributed by atoms with Crippen LogP contribution in [-0.4, -0.2) is 47.8 Å². The van der Waals surface area contributed by atoms with Crippen molar-refractivity contribution in [3.05, 3.63) is 47.0 Å². The van der Waals surface area contributed by atoms with Crippen LogP contribution < -0.4 is 9.47 Å². The normalized spacial score (nSPS) is 16.8. The van der Waals surface area contributed by atoms with Gasteiger partial charge in [0.05, 0.1) is 13.0 Å². The Kier molecular flexibility index (Phi) is 5.57. The van der Waals surface area contributed by atoms with Gasteiger partial charge in [-0.1, -0.05) is 12.1 Å². The van der Waals surface area contributed by atoms with Crippen molar-refractivity contribution in [2.24, 2.45) is 0 Å². The fourth-order valence-electron chi connectivity index (χ4n) is 3.28. The summed E-state index contributed by atoms with van der Waals surface area (Å²) >= 11 is 1.59.